The summed E-state index contributed by atoms with van der Waals surface area (Å²) in [5.74, 6) is -0.565. The van der Waals surface area contributed by atoms with Gasteiger partial charge in [-0.2, -0.15) is 0 Å². The third-order valence-corrected chi connectivity index (χ3v) is 4.14. The van der Waals surface area contributed by atoms with Crippen LogP contribution >= 0.6 is 0 Å². The van der Waals surface area contributed by atoms with Crippen molar-refractivity contribution >= 4 is 23.5 Å². The van der Waals surface area contributed by atoms with Gasteiger partial charge in [-0.1, -0.05) is 12.1 Å². The van der Waals surface area contributed by atoms with Crippen LogP contribution in [-0.2, 0) is 9.53 Å². The minimum Gasteiger partial charge on any atom is -0.492 e. The van der Waals surface area contributed by atoms with Crippen LogP contribution in [-0.4, -0.2) is 37.5 Å². The van der Waals surface area contributed by atoms with E-state index in [1.807, 2.05) is 31.2 Å². The normalized spacial score (nSPS) is 10.2. The number of anilines is 1. The Kier molecular flexibility index (Phi) is 7.42. The minimum atomic E-state index is -0.643. The molecular formula is C23H22N2O6. The van der Waals surface area contributed by atoms with Gasteiger partial charge in [0, 0.05) is 5.69 Å². The third kappa shape index (κ3) is 6.74. The Balaban J connectivity index is 1.36. The minimum absolute atomic E-state index is 0.179. The fourth-order valence-corrected chi connectivity index (χ4v) is 2.62. The van der Waals surface area contributed by atoms with E-state index >= 15 is 0 Å². The van der Waals surface area contributed by atoms with Crippen LogP contribution in [0.25, 0.3) is 0 Å². The third-order valence-electron chi connectivity index (χ3n) is 4.14. The molecule has 160 valence electrons. The largest absolute Gasteiger partial charge is 0.492 e. The zero-order chi connectivity index (χ0) is 22.1. The van der Waals surface area contributed by atoms with E-state index in [0.29, 0.717) is 12.3 Å². The number of hydrogen-bond donors (Lipinski definition) is 2. The Hall–Kier alpha value is -4.07. The van der Waals surface area contributed by atoms with Gasteiger partial charge in [0.1, 0.15) is 12.4 Å². The van der Waals surface area contributed by atoms with Gasteiger partial charge in [0.15, 0.2) is 12.4 Å². The summed E-state index contributed by atoms with van der Waals surface area (Å²) >= 11 is 0. The molecule has 0 unspecified atom stereocenters. The van der Waals surface area contributed by atoms with Crippen molar-refractivity contribution in [2.45, 2.75) is 6.92 Å². The molecule has 0 aliphatic carbocycles. The molecule has 8 heteroatoms. The van der Waals surface area contributed by atoms with Gasteiger partial charge in [0.25, 0.3) is 11.8 Å². The van der Waals surface area contributed by atoms with Gasteiger partial charge in [-0.3, -0.25) is 9.59 Å². The van der Waals surface area contributed by atoms with Gasteiger partial charge in [-0.05, 0) is 61.0 Å². The quantitative estimate of drug-likeness (QED) is 0.405. The number of nitrogens with one attached hydrogen (secondary N) is 2. The maximum atomic E-state index is 12.1. The Morgan fingerprint density at radius 3 is 2.52 bits per heavy atom. The number of hydrogen-bond acceptors (Lipinski definition) is 6. The molecule has 2 aromatic carbocycles. The van der Waals surface area contributed by atoms with Crippen LogP contribution in [0.4, 0.5) is 5.69 Å². The standard InChI is InChI=1S/C23H22N2O6/c1-16-4-2-5-19(14-16)29-13-11-24-21(26)15-31-23(28)17-7-9-18(10-8-17)25-22(27)20-6-3-12-30-20/h2-10,12,14H,11,13,15H2,1H3,(H,24,26)(H,25,27). The molecule has 0 fully saturated rings. The van der Waals surface area contributed by atoms with Gasteiger partial charge in [-0.25, -0.2) is 4.79 Å². The number of rotatable bonds is 9. The molecule has 2 amide bonds. The Labute approximate surface area is 179 Å². The number of esters is 1. The lowest BCUT2D eigenvalue weighted by molar-refractivity contribution is -0.124. The van der Waals surface area contributed by atoms with Gasteiger partial charge < -0.3 is 24.5 Å². The molecule has 0 atom stereocenters. The summed E-state index contributed by atoms with van der Waals surface area (Å²) in [5.41, 5.74) is 1.83. The average Bonchev–Trinajstić information content (AvgIpc) is 3.31. The van der Waals surface area contributed by atoms with E-state index in [9.17, 15) is 14.4 Å². The van der Waals surface area contributed by atoms with Gasteiger partial charge in [-0.15, -0.1) is 0 Å². The molecule has 0 saturated carbocycles. The fourth-order valence-electron chi connectivity index (χ4n) is 2.62. The van der Waals surface area contributed by atoms with Crippen LogP contribution in [0.15, 0.2) is 71.3 Å². The summed E-state index contributed by atoms with van der Waals surface area (Å²) in [5, 5.41) is 5.26. The van der Waals surface area contributed by atoms with E-state index in [2.05, 4.69) is 10.6 Å². The molecule has 0 bridgehead atoms. The molecule has 8 nitrogen and oxygen atoms in total. The van der Waals surface area contributed by atoms with Crippen LogP contribution in [0.2, 0.25) is 0 Å². The molecular weight excluding hydrogens is 400 g/mol. The Bertz CT molecular complexity index is 1030. The first-order valence-corrected chi connectivity index (χ1v) is 9.59. The van der Waals surface area contributed by atoms with E-state index < -0.39 is 24.4 Å². The highest BCUT2D eigenvalue weighted by Gasteiger charge is 2.12. The van der Waals surface area contributed by atoms with Crippen molar-refractivity contribution in [1.82, 2.24) is 5.32 Å². The smallest absolute Gasteiger partial charge is 0.338 e. The predicted molar refractivity (Wildman–Crippen MR) is 113 cm³/mol. The van der Waals surface area contributed by atoms with E-state index in [1.54, 1.807) is 24.3 Å². The summed E-state index contributed by atoms with van der Waals surface area (Å²) in [7, 11) is 0. The SMILES string of the molecule is Cc1cccc(OCCNC(=O)COC(=O)c2ccc(NC(=O)c3ccco3)cc2)c1. The van der Waals surface area contributed by atoms with Crippen molar-refractivity contribution in [3.63, 3.8) is 0 Å². The van der Waals surface area contributed by atoms with Crippen molar-refractivity contribution < 1.29 is 28.3 Å². The van der Waals surface area contributed by atoms with Gasteiger partial charge >= 0.3 is 5.97 Å². The first-order chi connectivity index (χ1) is 15.0. The number of ether oxygens (including phenoxy) is 2. The van der Waals surface area contributed by atoms with Crippen molar-refractivity contribution in [3.05, 3.63) is 83.8 Å². The van der Waals surface area contributed by atoms with Crippen LogP contribution in [0.5, 0.6) is 5.75 Å². The molecule has 3 rings (SSSR count). The first-order valence-electron chi connectivity index (χ1n) is 9.59. The zero-order valence-corrected chi connectivity index (χ0v) is 16.9. The summed E-state index contributed by atoms with van der Waals surface area (Å²) in [4.78, 5) is 35.8. The van der Waals surface area contributed by atoms with Crippen molar-refractivity contribution in [3.8, 4) is 5.75 Å². The second-order valence-corrected chi connectivity index (χ2v) is 6.60. The average molecular weight is 422 g/mol. The Morgan fingerprint density at radius 1 is 1.00 bits per heavy atom. The molecule has 1 aromatic heterocycles. The summed E-state index contributed by atoms with van der Waals surface area (Å²) in [6.45, 7) is 2.15. The van der Waals surface area contributed by atoms with E-state index in [1.165, 1.54) is 18.4 Å². The number of amides is 2. The van der Waals surface area contributed by atoms with Crippen LogP contribution in [0.1, 0.15) is 26.5 Å². The number of aryl methyl sites for hydroxylation is 1. The highest BCUT2D eigenvalue weighted by molar-refractivity contribution is 6.02. The number of benzene rings is 2. The predicted octanol–water partition coefficient (Wildman–Crippen LogP) is 3.19. The molecule has 31 heavy (non-hydrogen) atoms. The second kappa shape index (κ2) is 10.6. The maximum absolute atomic E-state index is 12.1. The van der Waals surface area contributed by atoms with Crippen LogP contribution in [0.3, 0.4) is 0 Å². The maximum Gasteiger partial charge on any atom is 0.338 e. The summed E-state index contributed by atoms with van der Waals surface area (Å²) < 4.78 is 15.6. The lowest BCUT2D eigenvalue weighted by atomic mass is 10.2. The van der Waals surface area contributed by atoms with Crippen LogP contribution < -0.4 is 15.4 Å². The van der Waals surface area contributed by atoms with Crippen molar-refractivity contribution in [2.75, 3.05) is 25.1 Å². The second-order valence-electron chi connectivity index (χ2n) is 6.60. The van der Waals surface area contributed by atoms with E-state index in [0.717, 1.165) is 11.3 Å². The van der Waals surface area contributed by atoms with Crippen molar-refractivity contribution in [1.29, 1.82) is 0 Å². The monoisotopic (exact) mass is 422 g/mol. The molecule has 1 heterocycles. The molecule has 2 N–H and O–H groups in total. The van der Waals surface area contributed by atoms with Crippen molar-refractivity contribution in [2.24, 2.45) is 0 Å². The van der Waals surface area contributed by atoms with E-state index in [-0.39, 0.29) is 17.9 Å². The zero-order valence-electron chi connectivity index (χ0n) is 16.9. The lowest BCUT2D eigenvalue weighted by Gasteiger charge is -2.09. The number of furan rings is 1. The topological polar surface area (TPSA) is 107 Å². The first kappa shape index (κ1) is 21.6. The molecule has 0 spiro atoms. The van der Waals surface area contributed by atoms with Gasteiger partial charge in [0.2, 0.25) is 0 Å². The Morgan fingerprint density at radius 2 is 1.81 bits per heavy atom. The highest BCUT2D eigenvalue weighted by Crippen LogP contribution is 2.13. The molecule has 0 aliphatic rings. The number of carbonyl (C=O) groups is 3. The fraction of sp³-hybridized carbons (Fsp3) is 0.174. The summed E-state index contributed by atoms with van der Waals surface area (Å²) in [6.07, 6.45) is 1.40. The number of carbonyl (C=O) groups excluding carboxylic acids is 3. The molecule has 0 radical (unpaired) electrons. The van der Waals surface area contributed by atoms with E-state index in [4.69, 9.17) is 13.9 Å². The summed E-state index contributed by atoms with van der Waals surface area (Å²) in [6, 6.07) is 16.8. The molecule has 3 aromatic rings. The van der Waals surface area contributed by atoms with Gasteiger partial charge in [0.05, 0.1) is 18.4 Å². The lowest BCUT2D eigenvalue weighted by Crippen LogP contribution is -2.32. The highest BCUT2D eigenvalue weighted by atomic mass is 16.5. The molecule has 0 saturated heterocycles. The molecule has 0 aliphatic heterocycles. The van der Waals surface area contributed by atoms with Crippen LogP contribution in [0, 0.1) is 6.92 Å².